The monoisotopic (exact) mass is 163 g/mol. The summed E-state index contributed by atoms with van der Waals surface area (Å²) < 4.78 is 0. The molecule has 0 radical (unpaired) electrons. The van der Waals surface area contributed by atoms with E-state index in [0.29, 0.717) is 0 Å². The van der Waals surface area contributed by atoms with Crippen LogP contribution in [0.25, 0.3) is 6.08 Å². The van der Waals surface area contributed by atoms with Crippen molar-refractivity contribution in [2.75, 3.05) is 13.3 Å². The van der Waals surface area contributed by atoms with Crippen molar-refractivity contribution in [1.82, 2.24) is 0 Å². The molecule has 56 valence electrons. The molecular formula is C10H12P+. The van der Waals surface area contributed by atoms with Crippen molar-refractivity contribution in [2.24, 2.45) is 0 Å². The normalized spacial score (nSPS) is 18.4. The maximum Gasteiger partial charge on any atom is 0.105 e. The van der Waals surface area contributed by atoms with Crippen LogP contribution in [-0.2, 0) is 0 Å². The molecule has 1 heteroatoms. The lowest BCUT2D eigenvalue weighted by molar-refractivity contribution is 1.73. The van der Waals surface area contributed by atoms with Crippen molar-refractivity contribution in [3.63, 3.8) is 0 Å². The SMILES string of the molecule is C[P+]1(C)C=Cc2ccccc21. The molecule has 0 saturated heterocycles. The van der Waals surface area contributed by atoms with Gasteiger partial charge in [-0.1, -0.05) is 18.2 Å². The molecule has 0 fully saturated rings. The highest BCUT2D eigenvalue weighted by atomic mass is 31.2. The van der Waals surface area contributed by atoms with Crippen LogP contribution in [0.5, 0.6) is 0 Å². The minimum atomic E-state index is -0.864. The van der Waals surface area contributed by atoms with Gasteiger partial charge in [-0.15, -0.1) is 0 Å². The summed E-state index contributed by atoms with van der Waals surface area (Å²) in [6.45, 7) is 4.71. The predicted octanol–water partition coefficient (Wildman–Crippen LogP) is 2.57. The third-order valence-corrected chi connectivity index (χ3v) is 4.73. The van der Waals surface area contributed by atoms with E-state index in [1.807, 2.05) is 0 Å². The summed E-state index contributed by atoms with van der Waals surface area (Å²) in [6.07, 6.45) is 2.25. The van der Waals surface area contributed by atoms with E-state index >= 15 is 0 Å². The zero-order chi connectivity index (χ0) is 7.90. The molecule has 0 unspecified atom stereocenters. The molecule has 0 aromatic heterocycles. The highest BCUT2D eigenvalue weighted by Gasteiger charge is 2.31. The van der Waals surface area contributed by atoms with Gasteiger partial charge in [-0.2, -0.15) is 0 Å². The zero-order valence-corrected chi connectivity index (χ0v) is 7.81. The Morgan fingerprint density at radius 2 is 1.82 bits per heavy atom. The van der Waals surface area contributed by atoms with E-state index < -0.39 is 7.26 Å². The summed E-state index contributed by atoms with van der Waals surface area (Å²) >= 11 is 0. The Morgan fingerprint density at radius 1 is 1.09 bits per heavy atom. The molecule has 1 aromatic carbocycles. The molecule has 1 aliphatic heterocycles. The highest BCUT2D eigenvalue weighted by molar-refractivity contribution is 7.85. The third-order valence-electron chi connectivity index (χ3n) is 2.18. The molecule has 0 bridgehead atoms. The lowest BCUT2D eigenvalue weighted by Crippen LogP contribution is -2.05. The van der Waals surface area contributed by atoms with Crippen LogP contribution in [0.1, 0.15) is 5.56 Å². The molecule has 2 rings (SSSR count). The number of hydrogen-bond donors (Lipinski definition) is 0. The quantitative estimate of drug-likeness (QED) is 0.515. The van der Waals surface area contributed by atoms with Gasteiger partial charge >= 0.3 is 0 Å². The predicted molar refractivity (Wildman–Crippen MR) is 53.9 cm³/mol. The second-order valence-electron chi connectivity index (χ2n) is 3.41. The molecule has 1 aromatic rings. The second kappa shape index (κ2) is 2.19. The van der Waals surface area contributed by atoms with Crippen molar-refractivity contribution in [3.05, 3.63) is 35.6 Å². The molecule has 0 saturated carbocycles. The summed E-state index contributed by atoms with van der Waals surface area (Å²) in [6, 6.07) is 8.69. The first-order valence-corrected chi connectivity index (χ1v) is 6.58. The molecule has 1 aliphatic rings. The first kappa shape index (κ1) is 7.06. The van der Waals surface area contributed by atoms with E-state index in [1.165, 1.54) is 5.56 Å². The van der Waals surface area contributed by atoms with Crippen molar-refractivity contribution in [2.45, 2.75) is 0 Å². The van der Waals surface area contributed by atoms with Gasteiger partial charge in [0.25, 0.3) is 0 Å². The smallest absolute Gasteiger partial charge is 0.0614 e. The average molecular weight is 163 g/mol. The first-order chi connectivity index (χ1) is 5.20. The molecule has 0 nitrogen and oxygen atoms in total. The van der Waals surface area contributed by atoms with Gasteiger partial charge in [-0.3, -0.25) is 0 Å². The summed E-state index contributed by atoms with van der Waals surface area (Å²) in [5.41, 5.74) is 1.42. The molecule has 0 spiro atoms. The van der Waals surface area contributed by atoms with E-state index in [4.69, 9.17) is 0 Å². The van der Waals surface area contributed by atoms with Crippen LogP contribution in [0.4, 0.5) is 0 Å². The third kappa shape index (κ3) is 1.02. The van der Waals surface area contributed by atoms with Gasteiger partial charge in [-0.25, -0.2) is 0 Å². The largest absolute Gasteiger partial charge is 0.105 e. The molecule has 0 N–H and O–H groups in total. The maximum absolute atomic E-state index is 2.37. The van der Waals surface area contributed by atoms with Gasteiger partial charge in [0.05, 0.1) is 26.4 Å². The van der Waals surface area contributed by atoms with Crippen LogP contribution in [-0.4, -0.2) is 13.3 Å². The van der Waals surface area contributed by atoms with Crippen LogP contribution >= 0.6 is 7.26 Å². The molecular weight excluding hydrogens is 151 g/mol. The fourth-order valence-corrected chi connectivity index (χ4v) is 3.48. The van der Waals surface area contributed by atoms with Gasteiger partial charge in [-0.05, 0) is 12.1 Å². The summed E-state index contributed by atoms with van der Waals surface area (Å²) in [7, 11) is -0.864. The summed E-state index contributed by atoms with van der Waals surface area (Å²) in [5, 5.41) is 1.56. The lowest BCUT2D eigenvalue weighted by atomic mass is 10.2. The minimum Gasteiger partial charge on any atom is -0.0614 e. The fraction of sp³-hybridized carbons (Fsp3) is 0.200. The van der Waals surface area contributed by atoms with Gasteiger partial charge in [0.1, 0.15) is 5.30 Å². The Labute approximate surface area is 68.3 Å². The van der Waals surface area contributed by atoms with Gasteiger partial charge in [0, 0.05) is 5.56 Å². The van der Waals surface area contributed by atoms with Crippen LogP contribution < -0.4 is 5.30 Å². The fourth-order valence-electron chi connectivity index (χ4n) is 1.50. The summed E-state index contributed by atoms with van der Waals surface area (Å²) in [5.74, 6) is 2.37. The van der Waals surface area contributed by atoms with E-state index in [1.54, 1.807) is 5.30 Å². The lowest BCUT2D eigenvalue weighted by Gasteiger charge is -2.08. The van der Waals surface area contributed by atoms with Gasteiger partial charge in [0.2, 0.25) is 0 Å². The molecule has 11 heavy (non-hydrogen) atoms. The Kier molecular flexibility index (Phi) is 1.40. The minimum absolute atomic E-state index is 0.864. The first-order valence-electron chi connectivity index (χ1n) is 3.83. The van der Waals surface area contributed by atoms with E-state index in [2.05, 4.69) is 49.5 Å². The summed E-state index contributed by atoms with van der Waals surface area (Å²) in [4.78, 5) is 0. The van der Waals surface area contributed by atoms with E-state index in [0.717, 1.165) is 0 Å². The van der Waals surface area contributed by atoms with Crippen LogP contribution in [0.2, 0.25) is 0 Å². The van der Waals surface area contributed by atoms with E-state index in [9.17, 15) is 0 Å². The zero-order valence-electron chi connectivity index (χ0n) is 6.91. The Bertz CT molecular complexity index is 310. The number of benzene rings is 1. The van der Waals surface area contributed by atoms with Crippen molar-refractivity contribution in [3.8, 4) is 0 Å². The Morgan fingerprint density at radius 3 is 2.55 bits per heavy atom. The topological polar surface area (TPSA) is 0 Å². The van der Waals surface area contributed by atoms with Crippen molar-refractivity contribution < 1.29 is 0 Å². The molecule has 0 amide bonds. The molecule has 0 atom stereocenters. The van der Waals surface area contributed by atoms with Crippen LogP contribution in [0.15, 0.2) is 30.1 Å². The Balaban J connectivity index is 2.64. The average Bonchev–Trinajstić information content (AvgIpc) is 2.29. The Hall–Kier alpha value is -0.610. The maximum atomic E-state index is 2.37. The van der Waals surface area contributed by atoms with Gasteiger partial charge < -0.3 is 0 Å². The molecule has 0 aliphatic carbocycles. The number of fused-ring (bicyclic) bond motifs is 1. The van der Waals surface area contributed by atoms with Crippen LogP contribution in [0, 0.1) is 0 Å². The van der Waals surface area contributed by atoms with Crippen molar-refractivity contribution in [1.29, 1.82) is 0 Å². The van der Waals surface area contributed by atoms with E-state index in [-0.39, 0.29) is 0 Å². The second-order valence-corrected chi connectivity index (χ2v) is 7.27. The number of rotatable bonds is 0. The van der Waals surface area contributed by atoms with Gasteiger partial charge in [0.15, 0.2) is 0 Å². The highest BCUT2D eigenvalue weighted by Crippen LogP contribution is 2.55. The molecule has 1 heterocycles. The van der Waals surface area contributed by atoms with Crippen molar-refractivity contribution >= 4 is 18.6 Å². The van der Waals surface area contributed by atoms with Crippen LogP contribution in [0.3, 0.4) is 0 Å². The standard InChI is InChI=1S/C10H12P/c1-11(2)8-7-9-5-3-4-6-10(9)11/h3-8H,1-2H3/q+1. The number of hydrogen-bond acceptors (Lipinski definition) is 0.